The number of nitrogens with one attached hydrogen (secondary N) is 1. The molecule has 4 heteroatoms. The third-order valence-electron chi connectivity index (χ3n) is 4.76. The van der Waals surface area contributed by atoms with Crippen molar-refractivity contribution in [2.24, 2.45) is 0 Å². The summed E-state index contributed by atoms with van der Waals surface area (Å²) >= 11 is 5.90. The quantitative estimate of drug-likeness (QED) is 0.838. The van der Waals surface area contributed by atoms with E-state index >= 15 is 0 Å². The van der Waals surface area contributed by atoms with Crippen molar-refractivity contribution >= 4 is 23.2 Å². The maximum atomic E-state index is 12.4. The Morgan fingerprint density at radius 1 is 1.08 bits per heavy atom. The summed E-state index contributed by atoms with van der Waals surface area (Å²) in [5.74, 6) is 0.0308. The minimum Gasteiger partial charge on any atom is -0.371 e. The average molecular weight is 357 g/mol. The summed E-state index contributed by atoms with van der Waals surface area (Å²) < 4.78 is 0. The van der Waals surface area contributed by atoms with Crippen LogP contribution in [-0.2, 0) is 11.2 Å². The van der Waals surface area contributed by atoms with Crippen molar-refractivity contribution in [1.82, 2.24) is 5.32 Å². The fraction of sp³-hybridized carbons (Fsp3) is 0.381. The van der Waals surface area contributed by atoms with Crippen molar-refractivity contribution in [1.29, 1.82) is 0 Å². The minimum absolute atomic E-state index is 0.0158. The monoisotopic (exact) mass is 356 g/mol. The number of benzene rings is 2. The van der Waals surface area contributed by atoms with Crippen LogP contribution in [0, 0.1) is 0 Å². The number of carbonyl (C=O) groups excluding carboxylic acids is 1. The van der Waals surface area contributed by atoms with Crippen LogP contribution in [0.1, 0.15) is 43.4 Å². The van der Waals surface area contributed by atoms with E-state index in [1.165, 1.54) is 30.5 Å². The first-order chi connectivity index (χ1) is 12.1. The molecule has 3 nitrogen and oxygen atoms in total. The van der Waals surface area contributed by atoms with Crippen molar-refractivity contribution in [2.75, 3.05) is 18.0 Å². The normalized spacial score (nSPS) is 15.7. The van der Waals surface area contributed by atoms with Gasteiger partial charge < -0.3 is 10.2 Å². The van der Waals surface area contributed by atoms with E-state index in [0.29, 0.717) is 11.4 Å². The number of carbonyl (C=O) groups is 1. The Hall–Kier alpha value is -2.00. The first-order valence-electron chi connectivity index (χ1n) is 9.01. The van der Waals surface area contributed by atoms with Crippen molar-refractivity contribution in [3.63, 3.8) is 0 Å². The third kappa shape index (κ3) is 4.76. The van der Waals surface area contributed by atoms with Gasteiger partial charge in [0.05, 0.1) is 12.5 Å². The lowest BCUT2D eigenvalue weighted by Crippen LogP contribution is -2.33. The number of para-hydroxylation sites is 1. The van der Waals surface area contributed by atoms with E-state index < -0.39 is 0 Å². The van der Waals surface area contributed by atoms with E-state index in [1.807, 2.05) is 30.3 Å². The molecular formula is C21H25ClN2O. The lowest BCUT2D eigenvalue weighted by Gasteiger charge is -2.32. The molecule has 1 atom stereocenters. The van der Waals surface area contributed by atoms with Crippen LogP contribution < -0.4 is 10.2 Å². The van der Waals surface area contributed by atoms with E-state index in [1.54, 1.807) is 0 Å². The van der Waals surface area contributed by atoms with Crippen LogP contribution in [0.5, 0.6) is 0 Å². The summed E-state index contributed by atoms with van der Waals surface area (Å²) in [7, 11) is 0. The van der Waals surface area contributed by atoms with Crippen molar-refractivity contribution in [3.8, 4) is 0 Å². The van der Waals surface area contributed by atoms with E-state index in [-0.39, 0.29) is 11.9 Å². The molecule has 1 unspecified atom stereocenters. The van der Waals surface area contributed by atoms with Crippen LogP contribution in [0.25, 0.3) is 0 Å². The number of halogens is 1. The number of nitrogens with zero attached hydrogens (tertiary/aromatic N) is 1. The number of piperidine rings is 1. The van der Waals surface area contributed by atoms with Crippen molar-refractivity contribution in [2.45, 2.75) is 38.6 Å². The summed E-state index contributed by atoms with van der Waals surface area (Å²) in [6.07, 6.45) is 4.16. The summed E-state index contributed by atoms with van der Waals surface area (Å²) in [4.78, 5) is 14.9. The van der Waals surface area contributed by atoms with Gasteiger partial charge in [0.1, 0.15) is 0 Å². The minimum atomic E-state index is -0.0158. The fourth-order valence-corrected chi connectivity index (χ4v) is 3.56. The second kappa shape index (κ2) is 8.39. The zero-order chi connectivity index (χ0) is 17.6. The van der Waals surface area contributed by atoms with E-state index in [9.17, 15) is 4.79 Å². The van der Waals surface area contributed by atoms with Gasteiger partial charge in [-0.15, -0.1) is 0 Å². The van der Waals surface area contributed by atoms with Crippen LogP contribution in [0.3, 0.4) is 0 Å². The summed E-state index contributed by atoms with van der Waals surface area (Å²) in [6.45, 7) is 4.26. The first kappa shape index (κ1) is 17.8. The van der Waals surface area contributed by atoms with Crippen LogP contribution >= 0.6 is 11.6 Å². The number of hydrogen-bond donors (Lipinski definition) is 1. The molecule has 25 heavy (non-hydrogen) atoms. The summed E-state index contributed by atoms with van der Waals surface area (Å²) in [5, 5.41) is 3.83. The Morgan fingerprint density at radius 3 is 2.48 bits per heavy atom. The molecule has 1 fully saturated rings. The maximum absolute atomic E-state index is 12.4. The highest BCUT2D eigenvalue weighted by Crippen LogP contribution is 2.28. The molecule has 0 aliphatic carbocycles. The molecule has 0 saturated carbocycles. The van der Waals surface area contributed by atoms with Gasteiger partial charge in [-0.3, -0.25) is 4.79 Å². The number of rotatable bonds is 5. The van der Waals surface area contributed by atoms with Crippen molar-refractivity contribution in [3.05, 3.63) is 64.7 Å². The van der Waals surface area contributed by atoms with Crippen LogP contribution in [-0.4, -0.2) is 19.0 Å². The lowest BCUT2D eigenvalue weighted by atomic mass is 10.0. The lowest BCUT2D eigenvalue weighted by molar-refractivity contribution is -0.121. The van der Waals surface area contributed by atoms with Crippen LogP contribution in [0.4, 0.5) is 5.69 Å². The number of anilines is 1. The molecular weight excluding hydrogens is 332 g/mol. The smallest absolute Gasteiger partial charge is 0.224 e. The van der Waals surface area contributed by atoms with Gasteiger partial charge in [0, 0.05) is 23.8 Å². The molecule has 1 aliphatic rings. The van der Waals surface area contributed by atoms with Gasteiger partial charge in [0.2, 0.25) is 5.91 Å². The Morgan fingerprint density at radius 2 is 1.76 bits per heavy atom. The first-order valence-corrected chi connectivity index (χ1v) is 9.39. The largest absolute Gasteiger partial charge is 0.371 e. The molecule has 0 aromatic heterocycles. The Bertz CT molecular complexity index is 708. The van der Waals surface area contributed by atoms with Gasteiger partial charge in [-0.1, -0.05) is 41.9 Å². The zero-order valence-electron chi connectivity index (χ0n) is 14.7. The van der Waals surface area contributed by atoms with Crippen LogP contribution in [0.2, 0.25) is 5.02 Å². The molecule has 2 aromatic carbocycles. The summed E-state index contributed by atoms with van der Waals surface area (Å²) in [5.41, 5.74) is 3.41. The van der Waals surface area contributed by atoms with E-state index in [2.05, 4.69) is 35.3 Å². The molecule has 1 aliphatic heterocycles. The predicted molar refractivity (Wildman–Crippen MR) is 104 cm³/mol. The van der Waals surface area contributed by atoms with Crippen LogP contribution in [0.15, 0.2) is 48.5 Å². The molecule has 0 radical (unpaired) electrons. The molecule has 1 heterocycles. The van der Waals surface area contributed by atoms with Gasteiger partial charge in [-0.2, -0.15) is 0 Å². The van der Waals surface area contributed by atoms with E-state index in [4.69, 9.17) is 11.6 Å². The zero-order valence-corrected chi connectivity index (χ0v) is 15.4. The van der Waals surface area contributed by atoms with E-state index in [0.717, 1.165) is 18.7 Å². The Balaban J connectivity index is 1.67. The highest BCUT2D eigenvalue weighted by atomic mass is 35.5. The van der Waals surface area contributed by atoms with Gasteiger partial charge >= 0.3 is 0 Å². The molecule has 3 rings (SSSR count). The highest BCUT2D eigenvalue weighted by molar-refractivity contribution is 6.30. The second-order valence-corrected chi connectivity index (χ2v) is 7.14. The van der Waals surface area contributed by atoms with Gasteiger partial charge in [0.25, 0.3) is 0 Å². The SMILES string of the molecule is CC(NC(=O)Cc1ccc(Cl)cc1)c1ccccc1N1CCCCC1. The summed E-state index contributed by atoms with van der Waals surface area (Å²) in [6, 6.07) is 15.8. The average Bonchev–Trinajstić information content (AvgIpc) is 2.64. The molecule has 132 valence electrons. The second-order valence-electron chi connectivity index (χ2n) is 6.70. The topological polar surface area (TPSA) is 32.3 Å². The predicted octanol–water partition coefficient (Wildman–Crippen LogP) is 4.75. The Labute approximate surface area is 155 Å². The highest BCUT2D eigenvalue weighted by Gasteiger charge is 2.18. The van der Waals surface area contributed by atoms with Gasteiger partial charge in [-0.05, 0) is 55.5 Å². The molecule has 2 aromatic rings. The number of hydrogen-bond acceptors (Lipinski definition) is 2. The molecule has 0 bridgehead atoms. The fourth-order valence-electron chi connectivity index (χ4n) is 3.43. The maximum Gasteiger partial charge on any atom is 0.224 e. The standard InChI is InChI=1S/C21H25ClN2O/c1-16(23-21(25)15-17-9-11-18(22)12-10-17)19-7-3-4-8-20(19)24-13-5-2-6-14-24/h3-4,7-12,16H,2,5-6,13-15H2,1H3,(H,23,25). The van der Waals surface area contributed by atoms with Crippen molar-refractivity contribution < 1.29 is 4.79 Å². The molecule has 0 spiro atoms. The van der Waals surface area contributed by atoms with Gasteiger partial charge in [-0.25, -0.2) is 0 Å². The van der Waals surface area contributed by atoms with Gasteiger partial charge in [0.15, 0.2) is 0 Å². The third-order valence-corrected chi connectivity index (χ3v) is 5.01. The molecule has 1 amide bonds. The number of amides is 1. The molecule has 1 saturated heterocycles. The molecule has 1 N–H and O–H groups in total. The Kier molecular flexibility index (Phi) is 5.98.